The summed E-state index contributed by atoms with van der Waals surface area (Å²) in [5.74, 6) is 0.241. The number of nitrogens with zero attached hydrogens (tertiary/aromatic N) is 2. The summed E-state index contributed by atoms with van der Waals surface area (Å²) in [6.45, 7) is 2.88. The van der Waals surface area contributed by atoms with Gasteiger partial charge < -0.3 is 20.3 Å². The average Bonchev–Trinajstić information content (AvgIpc) is 3.17. The number of ether oxygens (including phenoxy) is 1. The van der Waals surface area contributed by atoms with Crippen molar-refractivity contribution >= 4 is 24.2 Å². The number of piperazine rings is 1. The molecule has 0 aromatic heterocycles. The van der Waals surface area contributed by atoms with E-state index in [4.69, 9.17) is 10.5 Å². The standard InChI is InChI=1S/C20H29N3O3.ClH/c21-15-17-9-10-18(26-17)20(25)23-13-11-22(12-14-23)19(24)8-4-7-16-5-2-1-3-6-16;/h1-3,5-6,17-18H,4,7-15,21H2;1H/t17-,18+;/m1./s1. The second-order valence-corrected chi connectivity index (χ2v) is 7.11. The van der Waals surface area contributed by atoms with Gasteiger partial charge in [0.2, 0.25) is 5.91 Å². The molecule has 0 saturated carbocycles. The van der Waals surface area contributed by atoms with Gasteiger partial charge in [-0.05, 0) is 31.2 Å². The molecule has 2 N–H and O–H groups in total. The molecule has 2 fully saturated rings. The highest BCUT2D eigenvalue weighted by Gasteiger charge is 2.34. The fourth-order valence-corrected chi connectivity index (χ4v) is 3.69. The summed E-state index contributed by atoms with van der Waals surface area (Å²) in [6.07, 6.45) is 3.61. The van der Waals surface area contributed by atoms with Gasteiger partial charge in [-0.2, -0.15) is 0 Å². The molecule has 2 saturated heterocycles. The smallest absolute Gasteiger partial charge is 0.251 e. The Labute approximate surface area is 167 Å². The van der Waals surface area contributed by atoms with Gasteiger partial charge in [0.15, 0.2) is 0 Å². The van der Waals surface area contributed by atoms with E-state index in [0.717, 1.165) is 25.7 Å². The molecule has 0 bridgehead atoms. The van der Waals surface area contributed by atoms with E-state index in [-0.39, 0.29) is 36.4 Å². The molecule has 2 heterocycles. The molecule has 2 amide bonds. The first-order valence-corrected chi connectivity index (χ1v) is 9.63. The lowest BCUT2D eigenvalue weighted by atomic mass is 10.1. The molecule has 2 aliphatic heterocycles. The predicted molar refractivity (Wildman–Crippen MR) is 107 cm³/mol. The van der Waals surface area contributed by atoms with Crippen LogP contribution in [-0.2, 0) is 20.7 Å². The van der Waals surface area contributed by atoms with Crippen LogP contribution in [-0.4, -0.2) is 66.5 Å². The Kier molecular flexibility index (Phi) is 8.54. The zero-order valence-corrected chi connectivity index (χ0v) is 16.5. The van der Waals surface area contributed by atoms with E-state index in [2.05, 4.69) is 12.1 Å². The maximum Gasteiger partial charge on any atom is 0.251 e. The van der Waals surface area contributed by atoms with Crippen molar-refractivity contribution in [3.05, 3.63) is 35.9 Å². The monoisotopic (exact) mass is 395 g/mol. The molecule has 1 aromatic carbocycles. The predicted octanol–water partition coefficient (Wildman–Crippen LogP) is 1.61. The minimum atomic E-state index is -0.350. The summed E-state index contributed by atoms with van der Waals surface area (Å²) >= 11 is 0. The minimum absolute atomic E-state index is 0. The van der Waals surface area contributed by atoms with Gasteiger partial charge in [-0.3, -0.25) is 9.59 Å². The number of rotatable bonds is 6. The van der Waals surface area contributed by atoms with Crippen molar-refractivity contribution in [2.24, 2.45) is 5.73 Å². The van der Waals surface area contributed by atoms with Crippen LogP contribution in [0.3, 0.4) is 0 Å². The van der Waals surface area contributed by atoms with Crippen molar-refractivity contribution in [3.8, 4) is 0 Å². The van der Waals surface area contributed by atoms with E-state index in [0.29, 0.717) is 39.1 Å². The average molecular weight is 396 g/mol. The lowest BCUT2D eigenvalue weighted by molar-refractivity contribution is -0.147. The molecule has 7 heteroatoms. The number of hydrogen-bond acceptors (Lipinski definition) is 4. The number of carbonyl (C=O) groups excluding carboxylic acids is 2. The largest absolute Gasteiger partial charge is 0.364 e. The highest BCUT2D eigenvalue weighted by molar-refractivity contribution is 5.85. The summed E-state index contributed by atoms with van der Waals surface area (Å²) in [4.78, 5) is 28.6. The SMILES string of the molecule is Cl.NC[C@H]1CC[C@@H](C(=O)N2CCN(C(=O)CCCc3ccccc3)CC2)O1. The van der Waals surface area contributed by atoms with E-state index < -0.39 is 0 Å². The van der Waals surface area contributed by atoms with Crippen LogP contribution in [0.25, 0.3) is 0 Å². The van der Waals surface area contributed by atoms with Gasteiger partial charge in [0.1, 0.15) is 6.10 Å². The third-order valence-electron chi connectivity index (χ3n) is 5.29. The van der Waals surface area contributed by atoms with Crippen molar-refractivity contribution < 1.29 is 14.3 Å². The second kappa shape index (κ2) is 10.6. The zero-order valence-electron chi connectivity index (χ0n) is 15.7. The molecule has 150 valence electrons. The number of hydrogen-bond donors (Lipinski definition) is 1. The maximum absolute atomic E-state index is 12.5. The molecule has 0 aliphatic carbocycles. The summed E-state index contributed by atoms with van der Waals surface area (Å²) < 4.78 is 5.70. The van der Waals surface area contributed by atoms with Crippen LogP contribution >= 0.6 is 12.4 Å². The summed E-state index contributed by atoms with van der Waals surface area (Å²) in [6, 6.07) is 10.2. The first-order valence-electron chi connectivity index (χ1n) is 9.63. The Bertz CT molecular complexity index is 606. The van der Waals surface area contributed by atoms with E-state index in [1.165, 1.54) is 5.56 Å². The van der Waals surface area contributed by atoms with Crippen LogP contribution in [0, 0.1) is 0 Å². The number of benzene rings is 1. The first kappa shape index (κ1) is 21.7. The van der Waals surface area contributed by atoms with Crippen molar-refractivity contribution in [2.45, 2.75) is 44.3 Å². The zero-order chi connectivity index (χ0) is 18.4. The van der Waals surface area contributed by atoms with Gasteiger partial charge in [0.05, 0.1) is 6.10 Å². The number of nitrogens with two attached hydrogens (primary N) is 1. The number of amides is 2. The molecule has 0 spiro atoms. The van der Waals surface area contributed by atoms with Gasteiger partial charge >= 0.3 is 0 Å². The van der Waals surface area contributed by atoms with Gasteiger partial charge in [-0.25, -0.2) is 0 Å². The van der Waals surface area contributed by atoms with Gasteiger partial charge in [0.25, 0.3) is 5.91 Å². The lowest BCUT2D eigenvalue weighted by Crippen LogP contribution is -2.53. The summed E-state index contributed by atoms with van der Waals surface area (Å²) in [5, 5.41) is 0. The molecule has 0 unspecified atom stereocenters. The topological polar surface area (TPSA) is 75.9 Å². The van der Waals surface area contributed by atoms with E-state index in [1.807, 2.05) is 28.0 Å². The number of carbonyl (C=O) groups is 2. The third kappa shape index (κ3) is 5.92. The van der Waals surface area contributed by atoms with E-state index >= 15 is 0 Å². The highest BCUT2D eigenvalue weighted by Crippen LogP contribution is 2.21. The quantitative estimate of drug-likeness (QED) is 0.793. The van der Waals surface area contributed by atoms with Crippen LogP contribution in [0.4, 0.5) is 0 Å². The van der Waals surface area contributed by atoms with Gasteiger partial charge in [0, 0.05) is 39.1 Å². The molecular weight excluding hydrogens is 366 g/mol. The first-order chi connectivity index (χ1) is 12.7. The maximum atomic E-state index is 12.5. The van der Waals surface area contributed by atoms with E-state index in [1.54, 1.807) is 0 Å². The summed E-state index contributed by atoms with van der Waals surface area (Å²) in [5.41, 5.74) is 6.88. The molecule has 2 atom stereocenters. The normalized spacial score (nSPS) is 22.4. The van der Waals surface area contributed by atoms with Gasteiger partial charge in [-0.15, -0.1) is 12.4 Å². The Morgan fingerprint density at radius 3 is 2.33 bits per heavy atom. The van der Waals surface area contributed by atoms with Crippen molar-refractivity contribution in [1.29, 1.82) is 0 Å². The van der Waals surface area contributed by atoms with E-state index in [9.17, 15) is 9.59 Å². The molecule has 1 aromatic rings. The van der Waals surface area contributed by atoms with Crippen LogP contribution in [0.2, 0.25) is 0 Å². The minimum Gasteiger partial charge on any atom is -0.364 e. The molecule has 27 heavy (non-hydrogen) atoms. The Hall–Kier alpha value is -1.63. The molecule has 0 radical (unpaired) electrons. The molecule has 2 aliphatic rings. The molecule has 6 nitrogen and oxygen atoms in total. The van der Waals surface area contributed by atoms with Crippen molar-refractivity contribution in [1.82, 2.24) is 9.80 Å². The van der Waals surface area contributed by atoms with Gasteiger partial charge in [-0.1, -0.05) is 30.3 Å². The second-order valence-electron chi connectivity index (χ2n) is 7.11. The Morgan fingerprint density at radius 1 is 1.04 bits per heavy atom. The molecular formula is C20H30ClN3O3. The number of aryl methyl sites for hydroxylation is 1. The fourth-order valence-electron chi connectivity index (χ4n) is 3.69. The fraction of sp³-hybridized carbons (Fsp3) is 0.600. The highest BCUT2D eigenvalue weighted by atomic mass is 35.5. The lowest BCUT2D eigenvalue weighted by Gasteiger charge is -2.36. The molecule has 3 rings (SSSR count). The summed E-state index contributed by atoms with van der Waals surface area (Å²) in [7, 11) is 0. The third-order valence-corrected chi connectivity index (χ3v) is 5.29. The number of halogens is 1. The van der Waals surface area contributed by atoms with Crippen molar-refractivity contribution in [2.75, 3.05) is 32.7 Å². The van der Waals surface area contributed by atoms with Crippen LogP contribution < -0.4 is 5.73 Å². The Morgan fingerprint density at radius 2 is 1.70 bits per heavy atom. The van der Waals surface area contributed by atoms with Crippen LogP contribution in [0.1, 0.15) is 31.2 Å². The van der Waals surface area contributed by atoms with Crippen molar-refractivity contribution in [3.63, 3.8) is 0 Å². The Balaban J connectivity index is 0.00000261. The van der Waals surface area contributed by atoms with Crippen LogP contribution in [0.5, 0.6) is 0 Å². The van der Waals surface area contributed by atoms with Crippen LogP contribution in [0.15, 0.2) is 30.3 Å².